The standard InChI is InChI=1S/C22H27N3O7S/c1-22(2,33)11-17(27)24-23-14-4-3-12-9-13(10-16(26)20(12)14)32-8-7-15(21(30)31)25-18(28)5-6-19(25)29/h9-10,15,26,33H,3-8,11H2,1-2H3,(H,24,27)(H,30,31). The lowest BCUT2D eigenvalue weighted by molar-refractivity contribution is -0.154. The summed E-state index contributed by atoms with van der Waals surface area (Å²) in [6, 6.07) is 1.82. The van der Waals surface area contributed by atoms with Gasteiger partial charge in [0.25, 0.3) is 0 Å². The van der Waals surface area contributed by atoms with E-state index in [4.69, 9.17) is 4.74 Å². The number of aliphatic carboxylic acids is 1. The highest BCUT2D eigenvalue weighted by Gasteiger charge is 2.38. The highest BCUT2D eigenvalue weighted by atomic mass is 32.1. The Morgan fingerprint density at radius 1 is 1.21 bits per heavy atom. The third kappa shape index (κ3) is 6.04. The van der Waals surface area contributed by atoms with Crippen molar-refractivity contribution in [1.82, 2.24) is 10.3 Å². The molecule has 3 rings (SSSR count). The quantitative estimate of drug-likeness (QED) is 0.240. The maximum absolute atomic E-state index is 12.0. The minimum atomic E-state index is -1.29. The number of ether oxygens (including phenoxy) is 1. The van der Waals surface area contributed by atoms with Crippen LogP contribution in [-0.2, 0) is 25.6 Å². The Morgan fingerprint density at radius 2 is 1.88 bits per heavy atom. The van der Waals surface area contributed by atoms with E-state index in [9.17, 15) is 29.4 Å². The average Bonchev–Trinajstić information content (AvgIpc) is 3.26. The zero-order valence-electron chi connectivity index (χ0n) is 18.5. The largest absolute Gasteiger partial charge is 0.507 e. The second-order valence-electron chi connectivity index (χ2n) is 8.71. The van der Waals surface area contributed by atoms with Crippen molar-refractivity contribution < 1.29 is 34.1 Å². The van der Waals surface area contributed by atoms with Gasteiger partial charge in [-0.3, -0.25) is 19.3 Å². The fourth-order valence-corrected chi connectivity index (χ4v) is 4.06. The minimum Gasteiger partial charge on any atom is -0.507 e. The SMILES string of the molecule is CC(C)(S)CC(=O)NN=C1CCc2cc(OCCC(C(=O)O)N3C(=O)CCC3=O)cc(O)c21. The maximum atomic E-state index is 12.0. The van der Waals surface area contributed by atoms with Gasteiger partial charge in [0.15, 0.2) is 0 Å². The Balaban J connectivity index is 1.64. The molecule has 11 heteroatoms. The Hall–Kier alpha value is -3.08. The fraction of sp³-hybridized carbons (Fsp3) is 0.500. The number of benzene rings is 1. The van der Waals surface area contributed by atoms with Gasteiger partial charge in [-0.2, -0.15) is 17.7 Å². The molecular weight excluding hydrogens is 450 g/mol. The molecule has 0 spiro atoms. The highest BCUT2D eigenvalue weighted by molar-refractivity contribution is 7.81. The molecule has 2 aliphatic rings. The molecule has 1 aromatic rings. The molecular formula is C22H27N3O7S. The number of aromatic hydroxyl groups is 1. The summed E-state index contributed by atoms with van der Waals surface area (Å²) < 4.78 is 5.15. The summed E-state index contributed by atoms with van der Waals surface area (Å²) in [5.74, 6) is -2.29. The number of phenolic OH excluding ortho intramolecular Hbond substituents is 1. The van der Waals surface area contributed by atoms with Crippen molar-refractivity contribution in [1.29, 1.82) is 0 Å². The molecule has 0 bridgehead atoms. The lowest BCUT2D eigenvalue weighted by Gasteiger charge is -2.22. The number of fused-ring (bicyclic) bond motifs is 1. The van der Waals surface area contributed by atoms with Crippen molar-refractivity contribution in [3.63, 3.8) is 0 Å². The van der Waals surface area contributed by atoms with E-state index >= 15 is 0 Å². The summed E-state index contributed by atoms with van der Waals surface area (Å²) in [6.45, 7) is 3.57. The third-order valence-electron chi connectivity index (χ3n) is 5.35. The van der Waals surface area contributed by atoms with Crippen LogP contribution in [0.2, 0.25) is 0 Å². The smallest absolute Gasteiger partial charge is 0.327 e. The van der Waals surface area contributed by atoms with Crippen molar-refractivity contribution in [3.05, 3.63) is 23.3 Å². The van der Waals surface area contributed by atoms with Gasteiger partial charge in [-0.1, -0.05) is 13.8 Å². The summed E-state index contributed by atoms with van der Waals surface area (Å²) in [4.78, 5) is 48.1. The average molecular weight is 478 g/mol. The number of thiol groups is 1. The van der Waals surface area contributed by atoms with Gasteiger partial charge in [-0.25, -0.2) is 10.2 Å². The van der Waals surface area contributed by atoms with Gasteiger partial charge in [-0.15, -0.1) is 0 Å². The van der Waals surface area contributed by atoms with Crippen LogP contribution in [0.1, 0.15) is 57.1 Å². The first-order chi connectivity index (χ1) is 15.5. The highest BCUT2D eigenvalue weighted by Crippen LogP contribution is 2.34. The van der Waals surface area contributed by atoms with Crippen LogP contribution >= 0.6 is 12.6 Å². The van der Waals surface area contributed by atoms with E-state index in [-0.39, 0.29) is 43.9 Å². The van der Waals surface area contributed by atoms with Crippen molar-refractivity contribution in [2.24, 2.45) is 5.10 Å². The molecule has 0 radical (unpaired) electrons. The van der Waals surface area contributed by atoms with Crippen LogP contribution in [0.15, 0.2) is 17.2 Å². The first-order valence-electron chi connectivity index (χ1n) is 10.6. The molecule has 3 amide bonds. The number of hydrogen-bond acceptors (Lipinski definition) is 8. The predicted molar refractivity (Wildman–Crippen MR) is 121 cm³/mol. The van der Waals surface area contributed by atoms with Gasteiger partial charge in [-0.05, 0) is 24.5 Å². The van der Waals surface area contributed by atoms with Gasteiger partial charge >= 0.3 is 5.97 Å². The number of rotatable bonds is 9. The number of amides is 3. The zero-order chi connectivity index (χ0) is 24.3. The monoisotopic (exact) mass is 477 g/mol. The molecule has 1 aliphatic carbocycles. The van der Waals surface area contributed by atoms with E-state index in [1.165, 1.54) is 6.07 Å². The zero-order valence-corrected chi connectivity index (χ0v) is 19.4. The van der Waals surface area contributed by atoms with E-state index in [1.54, 1.807) is 6.07 Å². The third-order valence-corrected chi connectivity index (χ3v) is 5.51. The summed E-state index contributed by atoms with van der Waals surface area (Å²) in [7, 11) is 0. The Labute approximate surface area is 196 Å². The molecule has 33 heavy (non-hydrogen) atoms. The van der Waals surface area contributed by atoms with Crippen LogP contribution in [0.5, 0.6) is 11.5 Å². The van der Waals surface area contributed by atoms with Crippen molar-refractivity contribution in [2.45, 2.75) is 63.2 Å². The minimum absolute atomic E-state index is 0.0128. The van der Waals surface area contributed by atoms with Gasteiger partial charge in [0, 0.05) is 42.1 Å². The van der Waals surface area contributed by atoms with Gasteiger partial charge in [0.05, 0.1) is 12.3 Å². The molecule has 3 N–H and O–H groups in total. The number of imide groups is 1. The number of nitrogens with one attached hydrogen (secondary N) is 1. The van der Waals surface area contributed by atoms with Crippen LogP contribution in [0.4, 0.5) is 0 Å². The van der Waals surface area contributed by atoms with Crippen molar-refractivity contribution >= 4 is 42.0 Å². The normalized spacial score (nSPS) is 17.9. The molecule has 1 aliphatic heterocycles. The number of phenols is 1. The van der Waals surface area contributed by atoms with Crippen LogP contribution in [0.25, 0.3) is 0 Å². The maximum Gasteiger partial charge on any atom is 0.327 e. The number of likely N-dealkylation sites (tertiary alicyclic amines) is 1. The number of carbonyl (C=O) groups excluding carboxylic acids is 3. The van der Waals surface area contributed by atoms with Crippen LogP contribution in [0.3, 0.4) is 0 Å². The second kappa shape index (κ2) is 9.82. The van der Waals surface area contributed by atoms with E-state index in [1.807, 2.05) is 13.8 Å². The lowest BCUT2D eigenvalue weighted by Crippen LogP contribution is -2.45. The van der Waals surface area contributed by atoms with Gasteiger partial charge in [0.1, 0.15) is 17.5 Å². The van der Waals surface area contributed by atoms with Crippen LogP contribution in [-0.4, -0.2) is 61.9 Å². The number of nitrogens with zero attached hydrogens (tertiary/aromatic N) is 2. The molecule has 10 nitrogen and oxygen atoms in total. The second-order valence-corrected chi connectivity index (χ2v) is 9.92. The van der Waals surface area contributed by atoms with Crippen molar-refractivity contribution in [2.75, 3.05) is 6.61 Å². The van der Waals surface area contributed by atoms with E-state index in [2.05, 4.69) is 23.2 Å². The molecule has 1 fully saturated rings. The predicted octanol–water partition coefficient (Wildman–Crippen LogP) is 1.63. The summed E-state index contributed by atoms with van der Waals surface area (Å²) in [5.41, 5.74) is 4.37. The molecule has 0 saturated carbocycles. The summed E-state index contributed by atoms with van der Waals surface area (Å²) >= 11 is 4.32. The van der Waals surface area contributed by atoms with E-state index in [0.717, 1.165) is 10.5 Å². The fourth-order valence-electron chi connectivity index (χ4n) is 3.92. The van der Waals surface area contributed by atoms with E-state index in [0.29, 0.717) is 29.9 Å². The van der Waals surface area contributed by atoms with Gasteiger partial charge in [0.2, 0.25) is 17.7 Å². The summed E-state index contributed by atoms with van der Waals surface area (Å²) in [5, 5.41) is 24.1. The van der Waals surface area contributed by atoms with Crippen molar-refractivity contribution in [3.8, 4) is 11.5 Å². The Bertz CT molecular complexity index is 1000. The number of carboxylic acid groups (broad SMARTS) is 1. The first kappa shape index (κ1) is 24.6. The number of hydrogen-bond donors (Lipinski definition) is 4. The molecule has 1 heterocycles. The molecule has 1 saturated heterocycles. The molecule has 1 atom stereocenters. The van der Waals surface area contributed by atoms with Crippen LogP contribution < -0.4 is 10.2 Å². The van der Waals surface area contributed by atoms with Crippen LogP contribution in [0, 0.1) is 0 Å². The topological polar surface area (TPSA) is 146 Å². The number of carbonyl (C=O) groups is 4. The molecule has 1 aromatic carbocycles. The first-order valence-corrected chi connectivity index (χ1v) is 11.1. The number of carboxylic acids is 1. The Kier molecular flexibility index (Phi) is 7.31. The van der Waals surface area contributed by atoms with E-state index < -0.39 is 28.6 Å². The molecule has 1 unspecified atom stereocenters. The van der Waals surface area contributed by atoms with Gasteiger partial charge < -0.3 is 14.9 Å². The number of aryl methyl sites for hydroxylation is 1. The molecule has 178 valence electrons. The Morgan fingerprint density at radius 3 is 2.48 bits per heavy atom. The summed E-state index contributed by atoms with van der Waals surface area (Å²) in [6.07, 6.45) is 1.24. The lowest BCUT2D eigenvalue weighted by atomic mass is 10.1. The number of hydrazone groups is 1. The molecule has 0 aromatic heterocycles.